The first-order chi connectivity index (χ1) is 8.31. The zero-order chi connectivity index (χ0) is 11.7. The Kier molecular flexibility index (Phi) is 3.04. The Morgan fingerprint density at radius 3 is 2.94 bits per heavy atom. The summed E-state index contributed by atoms with van der Waals surface area (Å²) in [5, 5.41) is 4.14. The molecule has 4 heteroatoms. The van der Waals surface area contributed by atoms with Gasteiger partial charge in [0.2, 0.25) is 0 Å². The fraction of sp³-hybridized carbons (Fsp3) is 0.462. The molecule has 1 aliphatic rings. The van der Waals surface area contributed by atoms with Gasteiger partial charge in [-0.1, -0.05) is 11.6 Å². The maximum absolute atomic E-state index is 5.96. The predicted molar refractivity (Wildman–Crippen MR) is 69.5 cm³/mol. The number of halogens is 1. The third kappa shape index (κ3) is 2.45. The molecule has 17 heavy (non-hydrogen) atoms. The van der Waals surface area contributed by atoms with Gasteiger partial charge in [-0.15, -0.1) is 0 Å². The number of nitrogens with zero attached hydrogens (tertiary/aromatic N) is 2. The van der Waals surface area contributed by atoms with Gasteiger partial charge in [0.1, 0.15) is 5.65 Å². The molecule has 1 fully saturated rings. The average molecular weight is 250 g/mol. The van der Waals surface area contributed by atoms with Crippen molar-refractivity contribution in [1.82, 2.24) is 14.7 Å². The summed E-state index contributed by atoms with van der Waals surface area (Å²) >= 11 is 5.96. The second kappa shape index (κ2) is 4.67. The normalized spacial score (nSPS) is 17.7. The van der Waals surface area contributed by atoms with E-state index in [0.717, 1.165) is 36.1 Å². The highest BCUT2D eigenvalue weighted by Gasteiger charge is 2.15. The van der Waals surface area contributed by atoms with Gasteiger partial charge < -0.3 is 9.72 Å². The maximum atomic E-state index is 5.96. The van der Waals surface area contributed by atoms with Crippen LogP contribution in [0.4, 0.5) is 0 Å². The van der Waals surface area contributed by atoms with Gasteiger partial charge in [-0.2, -0.15) is 0 Å². The fourth-order valence-corrected chi connectivity index (χ4v) is 2.67. The SMILES string of the molecule is Clc1ccc2nc(CC3CCNCC3)cn2c1. The Balaban J connectivity index is 1.80. The molecule has 0 unspecified atom stereocenters. The largest absolute Gasteiger partial charge is 0.317 e. The van der Waals surface area contributed by atoms with Crippen LogP contribution in [0.25, 0.3) is 5.65 Å². The minimum absolute atomic E-state index is 0.753. The van der Waals surface area contributed by atoms with Crippen molar-refractivity contribution in [3.63, 3.8) is 0 Å². The molecule has 0 radical (unpaired) electrons. The number of nitrogens with one attached hydrogen (secondary N) is 1. The third-order valence-electron chi connectivity index (χ3n) is 3.42. The molecule has 0 atom stereocenters. The second-order valence-electron chi connectivity index (χ2n) is 4.74. The van der Waals surface area contributed by atoms with Crippen LogP contribution in [0.2, 0.25) is 5.02 Å². The summed E-state index contributed by atoms with van der Waals surface area (Å²) in [5.74, 6) is 0.775. The molecule has 3 rings (SSSR count). The van der Waals surface area contributed by atoms with Crippen molar-refractivity contribution in [1.29, 1.82) is 0 Å². The summed E-state index contributed by atoms with van der Waals surface area (Å²) in [4.78, 5) is 4.63. The third-order valence-corrected chi connectivity index (χ3v) is 3.64. The quantitative estimate of drug-likeness (QED) is 0.886. The van der Waals surface area contributed by atoms with Gasteiger partial charge in [0, 0.05) is 12.4 Å². The highest BCUT2D eigenvalue weighted by molar-refractivity contribution is 6.30. The van der Waals surface area contributed by atoms with E-state index in [9.17, 15) is 0 Å². The van der Waals surface area contributed by atoms with E-state index in [2.05, 4.69) is 16.5 Å². The van der Waals surface area contributed by atoms with Crippen molar-refractivity contribution in [3.8, 4) is 0 Å². The second-order valence-corrected chi connectivity index (χ2v) is 5.18. The average Bonchev–Trinajstić information content (AvgIpc) is 2.71. The zero-order valence-electron chi connectivity index (χ0n) is 9.69. The van der Waals surface area contributed by atoms with Gasteiger partial charge in [-0.3, -0.25) is 0 Å². The van der Waals surface area contributed by atoms with E-state index < -0.39 is 0 Å². The lowest BCUT2D eigenvalue weighted by atomic mass is 9.93. The predicted octanol–water partition coefficient (Wildman–Crippen LogP) is 2.53. The number of hydrogen-bond acceptors (Lipinski definition) is 2. The van der Waals surface area contributed by atoms with Crippen molar-refractivity contribution in [2.45, 2.75) is 19.3 Å². The molecule has 0 spiro atoms. The van der Waals surface area contributed by atoms with Gasteiger partial charge >= 0.3 is 0 Å². The van der Waals surface area contributed by atoms with Crippen LogP contribution in [-0.4, -0.2) is 22.5 Å². The van der Waals surface area contributed by atoms with E-state index in [1.54, 1.807) is 0 Å². The van der Waals surface area contributed by atoms with E-state index in [0.29, 0.717) is 0 Å². The number of fused-ring (bicyclic) bond motifs is 1. The summed E-state index contributed by atoms with van der Waals surface area (Å²) in [6.45, 7) is 2.29. The first-order valence-electron chi connectivity index (χ1n) is 6.15. The summed E-state index contributed by atoms with van der Waals surface area (Å²) in [7, 11) is 0. The van der Waals surface area contributed by atoms with E-state index in [1.807, 2.05) is 22.7 Å². The molecular weight excluding hydrogens is 234 g/mol. The Hall–Kier alpha value is -1.06. The minimum atomic E-state index is 0.753. The minimum Gasteiger partial charge on any atom is -0.317 e. The molecule has 0 aliphatic carbocycles. The number of rotatable bonds is 2. The van der Waals surface area contributed by atoms with Gasteiger partial charge in [-0.25, -0.2) is 4.98 Å². The van der Waals surface area contributed by atoms with Gasteiger partial charge in [0.25, 0.3) is 0 Å². The van der Waals surface area contributed by atoms with E-state index in [4.69, 9.17) is 11.6 Å². The van der Waals surface area contributed by atoms with Crippen LogP contribution in [0.15, 0.2) is 24.5 Å². The zero-order valence-corrected chi connectivity index (χ0v) is 10.5. The van der Waals surface area contributed by atoms with Crippen molar-refractivity contribution < 1.29 is 0 Å². The molecule has 1 saturated heterocycles. The Morgan fingerprint density at radius 1 is 1.29 bits per heavy atom. The lowest BCUT2D eigenvalue weighted by Gasteiger charge is -2.21. The van der Waals surface area contributed by atoms with Crippen LogP contribution in [0.5, 0.6) is 0 Å². The Morgan fingerprint density at radius 2 is 2.12 bits per heavy atom. The van der Waals surface area contributed by atoms with E-state index >= 15 is 0 Å². The molecule has 0 bridgehead atoms. The molecule has 3 nitrogen and oxygen atoms in total. The topological polar surface area (TPSA) is 29.3 Å². The molecule has 0 amide bonds. The Labute approximate surface area is 106 Å². The van der Waals surface area contributed by atoms with Crippen LogP contribution in [0.1, 0.15) is 18.5 Å². The molecule has 1 aliphatic heterocycles. The van der Waals surface area contributed by atoms with Crippen LogP contribution < -0.4 is 5.32 Å². The van der Waals surface area contributed by atoms with E-state index in [1.165, 1.54) is 18.5 Å². The number of hydrogen-bond donors (Lipinski definition) is 1. The first kappa shape index (κ1) is 11.1. The molecule has 90 valence electrons. The lowest BCUT2D eigenvalue weighted by Crippen LogP contribution is -2.28. The van der Waals surface area contributed by atoms with Crippen molar-refractivity contribution in [2.75, 3.05) is 13.1 Å². The summed E-state index contributed by atoms with van der Waals surface area (Å²) in [6.07, 6.45) is 7.61. The van der Waals surface area contributed by atoms with Crippen LogP contribution in [-0.2, 0) is 6.42 Å². The number of pyridine rings is 1. The highest BCUT2D eigenvalue weighted by Crippen LogP contribution is 2.19. The van der Waals surface area contributed by atoms with Crippen LogP contribution >= 0.6 is 11.6 Å². The standard InChI is InChI=1S/C13H16ClN3/c14-11-1-2-13-16-12(9-17(13)8-11)7-10-3-5-15-6-4-10/h1-2,8-10,15H,3-7H2. The molecule has 0 aromatic carbocycles. The fourth-order valence-electron chi connectivity index (χ4n) is 2.50. The van der Waals surface area contributed by atoms with Crippen molar-refractivity contribution in [2.24, 2.45) is 5.92 Å². The Bertz CT molecular complexity index is 514. The molecule has 3 heterocycles. The van der Waals surface area contributed by atoms with Crippen molar-refractivity contribution >= 4 is 17.2 Å². The number of aromatic nitrogens is 2. The van der Waals surface area contributed by atoms with Gasteiger partial charge in [-0.05, 0) is 50.4 Å². The highest BCUT2D eigenvalue weighted by atomic mass is 35.5. The van der Waals surface area contributed by atoms with Gasteiger partial charge in [0.05, 0.1) is 10.7 Å². The molecule has 0 saturated carbocycles. The van der Waals surface area contributed by atoms with E-state index in [-0.39, 0.29) is 0 Å². The maximum Gasteiger partial charge on any atom is 0.137 e. The number of piperidine rings is 1. The lowest BCUT2D eigenvalue weighted by molar-refractivity contribution is 0.370. The number of imidazole rings is 1. The first-order valence-corrected chi connectivity index (χ1v) is 6.53. The molecular formula is C13H16ClN3. The molecule has 1 N–H and O–H groups in total. The smallest absolute Gasteiger partial charge is 0.137 e. The van der Waals surface area contributed by atoms with Crippen LogP contribution in [0.3, 0.4) is 0 Å². The van der Waals surface area contributed by atoms with Gasteiger partial charge in [0.15, 0.2) is 0 Å². The summed E-state index contributed by atoms with van der Waals surface area (Å²) in [6, 6.07) is 3.85. The monoisotopic (exact) mass is 249 g/mol. The van der Waals surface area contributed by atoms with Crippen molar-refractivity contribution in [3.05, 3.63) is 35.2 Å². The summed E-state index contributed by atoms with van der Waals surface area (Å²) in [5.41, 5.74) is 2.16. The van der Waals surface area contributed by atoms with Crippen LogP contribution in [0, 0.1) is 5.92 Å². The molecule has 2 aromatic heterocycles. The summed E-state index contributed by atoms with van der Waals surface area (Å²) < 4.78 is 2.01. The molecule has 2 aromatic rings.